The average Bonchev–Trinajstić information content (AvgIpc) is 2.93. The number of carbonyl (C=O) groups is 2. The number of hydrogen-bond acceptors (Lipinski definition) is 4. The second kappa shape index (κ2) is 15.1. The van der Waals surface area contributed by atoms with Crippen molar-refractivity contribution in [3.05, 3.63) is 97.9 Å². The van der Waals surface area contributed by atoms with Crippen LogP contribution in [0.25, 0.3) is 0 Å². The maximum atomic E-state index is 14.1. The largest absolute Gasteiger partial charge is 0.354 e. The Morgan fingerprint density at radius 3 is 2.22 bits per heavy atom. The van der Waals surface area contributed by atoms with Gasteiger partial charge in [-0.1, -0.05) is 102 Å². The van der Waals surface area contributed by atoms with Gasteiger partial charge in [-0.05, 0) is 41.8 Å². The molecule has 0 fully saturated rings. The van der Waals surface area contributed by atoms with Crippen molar-refractivity contribution in [2.75, 3.05) is 23.7 Å². The van der Waals surface area contributed by atoms with Gasteiger partial charge in [-0.3, -0.25) is 13.9 Å². The smallest absolute Gasteiger partial charge is 0.244 e. The molecule has 1 N–H and O–H groups in total. The van der Waals surface area contributed by atoms with E-state index in [9.17, 15) is 18.0 Å². The van der Waals surface area contributed by atoms with Crippen molar-refractivity contribution in [1.29, 1.82) is 0 Å². The molecular weight excluding hydrogens is 628 g/mol. The van der Waals surface area contributed by atoms with Gasteiger partial charge in [0, 0.05) is 19.5 Å². The average molecular weight is 659 g/mol. The standard InChI is InChI=1S/C29H31Cl4N3O4S/c1-3-4-15-34-29(38)26(17-20-9-6-5-7-10-20)35(18-21-13-14-22(30)24(32)16-21)27(37)19-36(41(2,39)40)25-12-8-11-23(31)28(25)33/h5-14,16,26H,3-4,15,17-19H2,1-2H3,(H,34,38). The van der Waals surface area contributed by atoms with E-state index < -0.39 is 28.5 Å². The Bertz CT molecular complexity index is 1470. The van der Waals surface area contributed by atoms with Gasteiger partial charge < -0.3 is 10.2 Å². The van der Waals surface area contributed by atoms with Crippen LogP contribution in [0, 0.1) is 0 Å². The third kappa shape index (κ3) is 9.25. The van der Waals surface area contributed by atoms with Gasteiger partial charge in [0.1, 0.15) is 12.6 Å². The molecule has 41 heavy (non-hydrogen) atoms. The molecule has 2 amide bonds. The van der Waals surface area contributed by atoms with Gasteiger partial charge >= 0.3 is 0 Å². The van der Waals surface area contributed by atoms with E-state index in [0.717, 1.165) is 29.0 Å². The molecule has 3 aromatic carbocycles. The molecule has 0 aliphatic carbocycles. The van der Waals surface area contributed by atoms with E-state index in [1.807, 2.05) is 37.3 Å². The first kappa shape index (κ1) is 33.0. The lowest BCUT2D eigenvalue weighted by molar-refractivity contribution is -0.140. The Labute approximate surface area is 261 Å². The second-order valence-electron chi connectivity index (χ2n) is 9.46. The minimum absolute atomic E-state index is 0.0124. The van der Waals surface area contributed by atoms with Crippen molar-refractivity contribution >= 4 is 73.9 Å². The summed E-state index contributed by atoms with van der Waals surface area (Å²) in [7, 11) is -3.99. The minimum Gasteiger partial charge on any atom is -0.354 e. The molecule has 0 aromatic heterocycles. The Morgan fingerprint density at radius 2 is 1.59 bits per heavy atom. The predicted molar refractivity (Wildman–Crippen MR) is 168 cm³/mol. The van der Waals surface area contributed by atoms with E-state index >= 15 is 0 Å². The highest BCUT2D eigenvalue weighted by atomic mass is 35.5. The Kier molecular flexibility index (Phi) is 12.2. The fraction of sp³-hybridized carbons (Fsp3) is 0.310. The first-order valence-electron chi connectivity index (χ1n) is 12.9. The predicted octanol–water partition coefficient (Wildman–Crippen LogP) is 6.62. The number of anilines is 1. The van der Waals surface area contributed by atoms with Gasteiger partial charge in [-0.25, -0.2) is 8.42 Å². The molecule has 0 bridgehead atoms. The van der Waals surface area contributed by atoms with Gasteiger partial charge in [0.15, 0.2) is 0 Å². The number of rotatable bonds is 13. The number of amides is 2. The maximum Gasteiger partial charge on any atom is 0.244 e. The van der Waals surface area contributed by atoms with Crippen molar-refractivity contribution in [3.8, 4) is 0 Å². The Balaban J connectivity index is 2.08. The molecule has 1 atom stereocenters. The SMILES string of the molecule is CCCCNC(=O)C(Cc1ccccc1)N(Cc1ccc(Cl)c(Cl)c1)C(=O)CN(c1cccc(Cl)c1Cl)S(C)(=O)=O. The number of hydrogen-bond donors (Lipinski definition) is 1. The molecule has 0 saturated carbocycles. The van der Waals surface area contributed by atoms with Crippen molar-refractivity contribution in [2.45, 2.75) is 38.8 Å². The molecule has 0 radical (unpaired) electrons. The summed E-state index contributed by atoms with van der Waals surface area (Å²) >= 11 is 24.9. The van der Waals surface area contributed by atoms with Crippen molar-refractivity contribution in [3.63, 3.8) is 0 Å². The second-order valence-corrected chi connectivity index (χ2v) is 13.0. The van der Waals surface area contributed by atoms with Crippen LogP contribution < -0.4 is 9.62 Å². The van der Waals surface area contributed by atoms with Crippen LogP contribution in [0.1, 0.15) is 30.9 Å². The molecule has 3 rings (SSSR count). The van der Waals surface area contributed by atoms with E-state index in [2.05, 4.69) is 5.32 Å². The van der Waals surface area contributed by atoms with Gasteiger partial charge in [0.2, 0.25) is 21.8 Å². The normalized spacial score (nSPS) is 12.0. The molecule has 0 saturated heterocycles. The number of nitrogens with zero attached hydrogens (tertiary/aromatic N) is 2. The third-order valence-electron chi connectivity index (χ3n) is 6.32. The fourth-order valence-electron chi connectivity index (χ4n) is 4.17. The van der Waals surface area contributed by atoms with Gasteiger partial charge in [-0.15, -0.1) is 0 Å². The number of halogens is 4. The highest BCUT2D eigenvalue weighted by molar-refractivity contribution is 7.92. The molecule has 1 unspecified atom stereocenters. The van der Waals surface area contributed by atoms with Crippen LogP contribution in [-0.2, 0) is 32.6 Å². The molecule has 220 valence electrons. The number of benzene rings is 3. The summed E-state index contributed by atoms with van der Waals surface area (Å²) in [5, 5.41) is 3.67. The lowest BCUT2D eigenvalue weighted by atomic mass is 10.0. The highest BCUT2D eigenvalue weighted by Gasteiger charge is 2.33. The van der Waals surface area contributed by atoms with Crippen LogP contribution in [0.5, 0.6) is 0 Å². The zero-order chi connectivity index (χ0) is 30.2. The molecule has 0 spiro atoms. The molecule has 3 aromatic rings. The van der Waals surface area contributed by atoms with Gasteiger partial charge in [0.25, 0.3) is 0 Å². The van der Waals surface area contributed by atoms with E-state index in [-0.39, 0.29) is 39.6 Å². The van der Waals surface area contributed by atoms with Gasteiger partial charge in [0.05, 0.1) is 32.0 Å². The van der Waals surface area contributed by atoms with Crippen LogP contribution in [0.4, 0.5) is 5.69 Å². The van der Waals surface area contributed by atoms with Crippen LogP contribution in [0.15, 0.2) is 66.7 Å². The number of nitrogens with one attached hydrogen (secondary N) is 1. The van der Waals surface area contributed by atoms with E-state index in [1.165, 1.54) is 17.0 Å². The molecule has 0 heterocycles. The summed E-state index contributed by atoms with van der Waals surface area (Å²) in [5.74, 6) is -0.980. The quantitative estimate of drug-likeness (QED) is 0.209. The zero-order valence-electron chi connectivity index (χ0n) is 22.6. The number of sulfonamides is 1. The van der Waals surface area contributed by atoms with Crippen LogP contribution in [-0.4, -0.2) is 50.5 Å². The Morgan fingerprint density at radius 1 is 0.878 bits per heavy atom. The highest BCUT2D eigenvalue weighted by Crippen LogP contribution is 2.34. The summed E-state index contributed by atoms with van der Waals surface area (Å²) in [6, 6.07) is 17.7. The summed E-state index contributed by atoms with van der Waals surface area (Å²) in [6.45, 7) is 1.79. The molecular formula is C29H31Cl4N3O4S. The van der Waals surface area contributed by atoms with E-state index in [4.69, 9.17) is 46.4 Å². The number of carbonyl (C=O) groups excluding carboxylic acids is 2. The van der Waals surface area contributed by atoms with Crippen LogP contribution >= 0.6 is 46.4 Å². The monoisotopic (exact) mass is 657 g/mol. The molecule has 7 nitrogen and oxygen atoms in total. The molecule has 12 heteroatoms. The van der Waals surface area contributed by atoms with Crippen molar-refractivity contribution in [2.24, 2.45) is 0 Å². The first-order chi connectivity index (χ1) is 19.4. The Hall–Kier alpha value is -2.49. The van der Waals surface area contributed by atoms with Crippen molar-refractivity contribution < 1.29 is 18.0 Å². The van der Waals surface area contributed by atoms with Gasteiger partial charge in [-0.2, -0.15) is 0 Å². The summed E-state index contributed by atoms with van der Waals surface area (Å²) in [4.78, 5) is 29.1. The zero-order valence-corrected chi connectivity index (χ0v) is 26.5. The maximum absolute atomic E-state index is 14.1. The minimum atomic E-state index is -3.99. The van der Waals surface area contributed by atoms with E-state index in [1.54, 1.807) is 24.3 Å². The fourth-order valence-corrected chi connectivity index (χ4v) is 5.80. The number of unbranched alkanes of at least 4 members (excludes halogenated alkanes) is 1. The van der Waals surface area contributed by atoms with E-state index in [0.29, 0.717) is 17.1 Å². The van der Waals surface area contributed by atoms with Crippen molar-refractivity contribution in [1.82, 2.24) is 10.2 Å². The summed E-state index contributed by atoms with van der Waals surface area (Å²) < 4.78 is 26.7. The van der Waals surface area contributed by atoms with Crippen LogP contribution in [0.2, 0.25) is 20.1 Å². The first-order valence-corrected chi connectivity index (χ1v) is 16.2. The third-order valence-corrected chi connectivity index (χ3v) is 8.99. The molecule has 0 aliphatic heterocycles. The van der Waals surface area contributed by atoms with Crippen LogP contribution in [0.3, 0.4) is 0 Å². The topological polar surface area (TPSA) is 86.8 Å². The lowest BCUT2D eigenvalue weighted by Gasteiger charge is -2.33. The summed E-state index contributed by atoms with van der Waals surface area (Å²) in [5.41, 5.74) is 1.49. The summed E-state index contributed by atoms with van der Waals surface area (Å²) in [6.07, 6.45) is 2.81. The molecule has 0 aliphatic rings. The lowest BCUT2D eigenvalue weighted by Crippen LogP contribution is -2.53.